The average Bonchev–Trinajstić information content (AvgIpc) is 3.04. The van der Waals surface area contributed by atoms with Crippen LogP contribution in [0, 0.1) is 16.0 Å². The monoisotopic (exact) mass is 552 g/mol. The summed E-state index contributed by atoms with van der Waals surface area (Å²) in [6.07, 6.45) is 5.14. The molecule has 0 spiro atoms. The highest BCUT2D eigenvalue weighted by molar-refractivity contribution is 14.0. The Morgan fingerprint density at radius 2 is 2.00 bits per heavy atom. The van der Waals surface area contributed by atoms with Crippen LogP contribution >= 0.6 is 24.0 Å². The summed E-state index contributed by atoms with van der Waals surface area (Å²) in [6.45, 7) is 5.49. The van der Waals surface area contributed by atoms with Gasteiger partial charge in [0.2, 0.25) is 0 Å². The van der Waals surface area contributed by atoms with E-state index in [4.69, 9.17) is 0 Å². The van der Waals surface area contributed by atoms with E-state index in [-0.39, 0.29) is 47.2 Å². The number of guanidine groups is 1. The maximum absolute atomic E-state index is 11.8. The maximum Gasteiger partial charge on any atom is 0.269 e. The zero-order valence-corrected chi connectivity index (χ0v) is 20.8. The Morgan fingerprint density at radius 1 is 1.30 bits per heavy atom. The molecule has 30 heavy (non-hydrogen) atoms. The molecular weight excluding hydrogens is 519 g/mol. The fourth-order valence-electron chi connectivity index (χ4n) is 3.33. The third kappa shape index (κ3) is 9.15. The summed E-state index contributed by atoms with van der Waals surface area (Å²) in [5.41, 5.74) is 0.904. The van der Waals surface area contributed by atoms with Crippen LogP contribution in [-0.2, 0) is 16.4 Å². The normalized spacial score (nSPS) is 19.0. The van der Waals surface area contributed by atoms with Crippen molar-refractivity contribution in [3.63, 3.8) is 0 Å². The Morgan fingerprint density at radius 3 is 2.53 bits per heavy atom. The topological polar surface area (TPSA) is 114 Å². The summed E-state index contributed by atoms with van der Waals surface area (Å²) in [6, 6.07) is 6.17. The van der Waals surface area contributed by atoms with Crippen molar-refractivity contribution >= 4 is 45.5 Å². The van der Waals surface area contributed by atoms with Gasteiger partial charge in [-0.3, -0.25) is 10.1 Å². The van der Waals surface area contributed by atoms with E-state index in [0.717, 1.165) is 31.4 Å². The molecule has 0 radical (unpaired) electrons. The van der Waals surface area contributed by atoms with Crippen molar-refractivity contribution in [1.82, 2.24) is 10.6 Å². The number of nitro groups is 1. The van der Waals surface area contributed by atoms with Crippen LogP contribution in [-0.4, -0.2) is 43.4 Å². The fraction of sp³-hybridized carbons (Fsp3) is 0.650. The third-order valence-electron chi connectivity index (χ3n) is 5.24. The van der Waals surface area contributed by atoms with Gasteiger partial charge in [-0.1, -0.05) is 45.2 Å². The molecule has 0 aliphatic carbocycles. The number of nitro benzene ring substituents is 1. The second-order valence-corrected chi connectivity index (χ2v) is 9.86. The number of unbranched alkanes of at least 4 members (excludes halogenated alkanes) is 1. The van der Waals surface area contributed by atoms with Crippen LogP contribution in [0.3, 0.4) is 0 Å². The van der Waals surface area contributed by atoms with E-state index < -0.39 is 14.8 Å². The van der Waals surface area contributed by atoms with Gasteiger partial charge in [-0.2, -0.15) is 0 Å². The minimum atomic E-state index is -2.98. The van der Waals surface area contributed by atoms with Crippen molar-refractivity contribution < 1.29 is 13.3 Å². The van der Waals surface area contributed by atoms with Crippen molar-refractivity contribution in [3.05, 3.63) is 39.9 Å². The van der Waals surface area contributed by atoms with E-state index >= 15 is 0 Å². The summed E-state index contributed by atoms with van der Waals surface area (Å²) in [7, 11) is -2.98. The summed E-state index contributed by atoms with van der Waals surface area (Å²) in [5, 5.41) is 17.4. The second-order valence-electron chi connectivity index (χ2n) is 7.63. The molecule has 2 unspecified atom stereocenters. The summed E-state index contributed by atoms with van der Waals surface area (Å²) < 4.78 is 23.5. The first kappa shape index (κ1) is 26.6. The van der Waals surface area contributed by atoms with Gasteiger partial charge in [0.25, 0.3) is 5.69 Å². The van der Waals surface area contributed by atoms with Crippen LogP contribution < -0.4 is 10.6 Å². The summed E-state index contributed by atoms with van der Waals surface area (Å²) in [5.74, 6) is 1.46. The molecule has 1 aliphatic heterocycles. The number of halogens is 1. The number of nitrogens with zero attached hydrogens (tertiary/aromatic N) is 2. The molecule has 10 heteroatoms. The molecule has 2 rings (SSSR count). The average molecular weight is 552 g/mol. The lowest BCUT2D eigenvalue weighted by Gasteiger charge is -2.20. The molecule has 170 valence electrons. The number of rotatable bonds is 10. The van der Waals surface area contributed by atoms with Gasteiger partial charge in [0.05, 0.1) is 23.0 Å². The van der Waals surface area contributed by atoms with Gasteiger partial charge < -0.3 is 10.6 Å². The smallest absolute Gasteiger partial charge is 0.269 e. The van der Waals surface area contributed by atoms with E-state index in [1.54, 1.807) is 12.1 Å². The minimum absolute atomic E-state index is 0. The van der Waals surface area contributed by atoms with Crippen LogP contribution in [0.4, 0.5) is 5.69 Å². The first-order valence-corrected chi connectivity index (χ1v) is 12.1. The number of nitrogens with one attached hydrogen (secondary N) is 2. The highest BCUT2D eigenvalue weighted by Crippen LogP contribution is 2.14. The Bertz CT molecular complexity index is 800. The van der Waals surface area contributed by atoms with Crippen molar-refractivity contribution in [1.29, 1.82) is 0 Å². The van der Waals surface area contributed by atoms with Crippen molar-refractivity contribution in [2.75, 3.05) is 18.1 Å². The maximum atomic E-state index is 11.8. The van der Waals surface area contributed by atoms with Gasteiger partial charge >= 0.3 is 0 Å². The third-order valence-corrected chi connectivity index (χ3v) is 7.01. The standard InChI is InChI=1S/C20H32N4O4S.HI/c1-3-5-6-16(4-2)13-21-20(23-18-11-12-29(27,28)15-18)22-14-17-7-9-19(10-8-17)24(25)26;/h7-10,16,18H,3-6,11-15H2,1-2H3,(H2,21,22,23);1H. The van der Waals surface area contributed by atoms with E-state index in [0.29, 0.717) is 24.8 Å². The zero-order chi connectivity index (χ0) is 21.3. The molecule has 0 aromatic heterocycles. The number of non-ortho nitro benzene ring substituents is 1. The number of sulfone groups is 1. The molecular formula is C20H33IN4O4S. The van der Waals surface area contributed by atoms with E-state index in [1.807, 2.05) is 0 Å². The van der Waals surface area contributed by atoms with Crippen LogP contribution in [0.5, 0.6) is 0 Å². The number of benzene rings is 1. The van der Waals surface area contributed by atoms with Gasteiger partial charge in [0, 0.05) is 24.7 Å². The van der Waals surface area contributed by atoms with Gasteiger partial charge in [0.15, 0.2) is 15.8 Å². The molecule has 1 heterocycles. The minimum Gasteiger partial charge on any atom is -0.356 e. The molecule has 1 aliphatic rings. The number of hydrogen-bond donors (Lipinski definition) is 2. The van der Waals surface area contributed by atoms with Crippen LogP contribution in [0.1, 0.15) is 51.5 Å². The van der Waals surface area contributed by atoms with E-state index in [9.17, 15) is 18.5 Å². The first-order valence-electron chi connectivity index (χ1n) is 10.3. The zero-order valence-electron chi connectivity index (χ0n) is 17.7. The van der Waals surface area contributed by atoms with Crippen molar-refractivity contribution in [2.24, 2.45) is 10.9 Å². The van der Waals surface area contributed by atoms with Crippen molar-refractivity contribution in [2.45, 2.75) is 58.5 Å². The highest BCUT2D eigenvalue weighted by Gasteiger charge is 2.28. The molecule has 0 saturated carbocycles. The lowest BCUT2D eigenvalue weighted by molar-refractivity contribution is -0.384. The molecule has 2 N–H and O–H groups in total. The lowest BCUT2D eigenvalue weighted by atomic mass is 9.99. The lowest BCUT2D eigenvalue weighted by Crippen LogP contribution is -2.45. The number of hydrogen-bond acceptors (Lipinski definition) is 5. The first-order chi connectivity index (χ1) is 13.8. The molecule has 1 aromatic carbocycles. The predicted molar refractivity (Wildman–Crippen MR) is 131 cm³/mol. The fourth-order valence-corrected chi connectivity index (χ4v) is 5.01. The molecule has 1 fully saturated rings. The molecule has 1 saturated heterocycles. The van der Waals surface area contributed by atoms with Crippen LogP contribution in [0.15, 0.2) is 29.3 Å². The van der Waals surface area contributed by atoms with Crippen LogP contribution in [0.25, 0.3) is 0 Å². The summed E-state index contributed by atoms with van der Waals surface area (Å²) >= 11 is 0. The van der Waals surface area contributed by atoms with Gasteiger partial charge in [0.1, 0.15) is 0 Å². The molecule has 2 atom stereocenters. The highest BCUT2D eigenvalue weighted by atomic mass is 127. The molecule has 0 amide bonds. The van der Waals surface area contributed by atoms with Crippen LogP contribution in [0.2, 0.25) is 0 Å². The Labute approximate surface area is 196 Å². The molecule has 8 nitrogen and oxygen atoms in total. The van der Waals surface area contributed by atoms with Crippen molar-refractivity contribution in [3.8, 4) is 0 Å². The van der Waals surface area contributed by atoms with E-state index in [2.05, 4.69) is 29.5 Å². The largest absolute Gasteiger partial charge is 0.356 e. The Kier molecular flexibility index (Phi) is 11.6. The SMILES string of the molecule is CCCCC(CC)CNC(=NCc1ccc([N+](=O)[O-])cc1)NC1CCS(=O)(=O)C1.I. The van der Waals surface area contributed by atoms with E-state index in [1.165, 1.54) is 18.6 Å². The molecule has 0 bridgehead atoms. The molecule has 1 aromatic rings. The predicted octanol–water partition coefficient (Wildman–Crippen LogP) is 3.65. The number of aliphatic imine (C=N–C) groups is 1. The Hall–Kier alpha value is -1.43. The Balaban J connectivity index is 0.00000450. The van der Waals surface area contributed by atoms with Gasteiger partial charge in [-0.05, 0) is 24.3 Å². The van der Waals surface area contributed by atoms with Gasteiger partial charge in [-0.25, -0.2) is 13.4 Å². The summed E-state index contributed by atoms with van der Waals surface area (Å²) in [4.78, 5) is 15.0. The quantitative estimate of drug-likeness (QED) is 0.151. The second kappa shape index (κ2) is 13.1. The van der Waals surface area contributed by atoms with Gasteiger partial charge in [-0.15, -0.1) is 24.0 Å².